The van der Waals surface area contributed by atoms with Gasteiger partial charge in [-0.15, -0.1) is 0 Å². The van der Waals surface area contributed by atoms with Crippen LogP contribution in [0.25, 0.3) is 5.82 Å². The van der Waals surface area contributed by atoms with Crippen LogP contribution in [0.4, 0.5) is 10.2 Å². The van der Waals surface area contributed by atoms with Gasteiger partial charge in [0.1, 0.15) is 23.8 Å². The molecule has 0 bridgehead atoms. The summed E-state index contributed by atoms with van der Waals surface area (Å²) in [6.45, 7) is 4.11. The minimum atomic E-state index is -0.474. The highest BCUT2D eigenvalue weighted by Gasteiger charge is 2.23. The van der Waals surface area contributed by atoms with Crippen LogP contribution in [-0.2, 0) is 4.79 Å². The number of carbonyl (C=O) groups excluding carboxylic acids is 1. The van der Waals surface area contributed by atoms with Crippen molar-refractivity contribution in [3.05, 3.63) is 60.7 Å². The van der Waals surface area contributed by atoms with Crippen LogP contribution < -0.4 is 9.64 Å². The molecule has 0 N–H and O–H groups in total. The topological polar surface area (TPSA) is 76.4 Å². The van der Waals surface area contributed by atoms with E-state index < -0.39 is 5.82 Å². The number of rotatable bonds is 5. The summed E-state index contributed by atoms with van der Waals surface area (Å²) in [4.78, 5) is 29.1. The Hall–Kier alpha value is -3.49. The average molecular weight is 396 g/mol. The summed E-state index contributed by atoms with van der Waals surface area (Å²) in [6.07, 6.45) is 5.11. The fourth-order valence-corrected chi connectivity index (χ4v) is 3.24. The molecule has 29 heavy (non-hydrogen) atoms. The molecule has 0 radical (unpaired) electrons. The van der Waals surface area contributed by atoms with Crippen molar-refractivity contribution >= 4 is 11.7 Å². The van der Waals surface area contributed by atoms with E-state index in [2.05, 4.69) is 19.9 Å². The van der Waals surface area contributed by atoms with Crippen molar-refractivity contribution in [3.63, 3.8) is 0 Å². The van der Waals surface area contributed by atoms with E-state index in [9.17, 15) is 9.18 Å². The second-order valence-corrected chi connectivity index (χ2v) is 6.67. The Balaban J connectivity index is 1.34. The number of benzene rings is 1. The molecule has 8 nitrogen and oxygen atoms in total. The summed E-state index contributed by atoms with van der Waals surface area (Å²) in [7, 11) is 0. The normalized spacial score (nSPS) is 14.1. The van der Waals surface area contributed by atoms with Crippen molar-refractivity contribution in [2.24, 2.45) is 0 Å². The van der Waals surface area contributed by atoms with Gasteiger partial charge < -0.3 is 14.5 Å². The molecule has 1 fully saturated rings. The molecule has 2 aromatic heterocycles. The van der Waals surface area contributed by atoms with E-state index in [1.165, 1.54) is 18.5 Å². The number of imidazole rings is 1. The maximum Gasteiger partial charge on any atom is 0.260 e. The number of aryl methyl sites for hydroxylation is 1. The van der Waals surface area contributed by atoms with Crippen molar-refractivity contribution in [2.75, 3.05) is 37.7 Å². The van der Waals surface area contributed by atoms with Gasteiger partial charge in [-0.2, -0.15) is 0 Å². The number of hydrogen-bond donors (Lipinski definition) is 0. The SMILES string of the molecule is Cc1nccn1-c1cc(N2CCN(C(=O)COc3ccccc3F)CC2)ncn1. The highest BCUT2D eigenvalue weighted by molar-refractivity contribution is 5.78. The first-order chi connectivity index (χ1) is 14.1. The quantitative estimate of drug-likeness (QED) is 0.655. The lowest BCUT2D eigenvalue weighted by Crippen LogP contribution is -2.50. The fraction of sp³-hybridized carbons (Fsp3) is 0.300. The van der Waals surface area contributed by atoms with Crippen LogP contribution in [0.2, 0.25) is 0 Å². The lowest BCUT2D eigenvalue weighted by molar-refractivity contribution is -0.133. The maximum atomic E-state index is 13.6. The van der Waals surface area contributed by atoms with Crippen LogP contribution in [0, 0.1) is 12.7 Å². The summed E-state index contributed by atoms with van der Waals surface area (Å²) in [6, 6.07) is 7.97. The number of nitrogens with zero attached hydrogens (tertiary/aromatic N) is 6. The van der Waals surface area contributed by atoms with Gasteiger partial charge in [0, 0.05) is 44.6 Å². The Bertz CT molecular complexity index is 1000. The summed E-state index contributed by atoms with van der Waals surface area (Å²) < 4.78 is 20.8. The number of piperazine rings is 1. The fourth-order valence-electron chi connectivity index (χ4n) is 3.24. The van der Waals surface area contributed by atoms with Crippen LogP contribution in [-0.4, -0.2) is 63.1 Å². The van der Waals surface area contributed by atoms with Crippen molar-refractivity contribution in [1.29, 1.82) is 0 Å². The summed E-state index contributed by atoms with van der Waals surface area (Å²) in [5.74, 6) is 1.85. The van der Waals surface area contributed by atoms with Crippen molar-refractivity contribution < 1.29 is 13.9 Å². The molecule has 0 unspecified atom stereocenters. The molecular weight excluding hydrogens is 375 g/mol. The number of para-hydroxylation sites is 1. The first-order valence-corrected chi connectivity index (χ1v) is 9.34. The molecule has 0 aliphatic carbocycles. The van der Waals surface area contributed by atoms with Crippen LogP contribution in [0.3, 0.4) is 0 Å². The van der Waals surface area contributed by atoms with Gasteiger partial charge in [-0.05, 0) is 19.1 Å². The van der Waals surface area contributed by atoms with E-state index in [-0.39, 0.29) is 18.3 Å². The zero-order chi connectivity index (χ0) is 20.2. The zero-order valence-electron chi connectivity index (χ0n) is 16.0. The predicted octanol–water partition coefficient (Wildman–Crippen LogP) is 1.84. The van der Waals surface area contributed by atoms with Crippen molar-refractivity contribution in [3.8, 4) is 11.6 Å². The predicted molar refractivity (Wildman–Crippen MR) is 105 cm³/mol. The van der Waals surface area contributed by atoms with E-state index in [4.69, 9.17) is 4.74 Å². The third-order valence-corrected chi connectivity index (χ3v) is 4.85. The number of aromatic nitrogens is 4. The van der Waals surface area contributed by atoms with Gasteiger partial charge in [-0.1, -0.05) is 12.1 Å². The lowest BCUT2D eigenvalue weighted by atomic mass is 10.3. The van der Waals surface area contributed by atoms with E-state index in [1.54, 1.807) is 23.2 Å². The Morgan fingerprint density at radius 2 is 1.86 bits per heavy atom. The largest absolute Gasteiger partial charge is 0.481 e. The molecule has 1 aliphatic rings. The number of halogens is 1. The number of amides is 1. The molecule has 1 saturated heterocycles. The first-order valence-electron chi connectivity index (χ1n) is 9.34. The van der Waals surface area contributed by atoms with Crippen molar-refractivity contribution in [1.82, 2.24) is 24.4 Å². The molecule has 0 saturated carbocycles. The molecular formula is C20H21FN6O2. The monoisotopic (exact) mass is 396 g/mol. The molecule has 1 aromatic carbocycles. The second-order valence-electron chi connectivity index (χ2n) is 6.67. The van der Waals surface area contributed by atoms with Gasteiger partial charge in [0.2, 0.25) is 0 Å². The summed E-state index contributed by atoms with van der Waals surface area (Å²) in [5.41, 5.74) is 0. The molecule has 150 valence electrons. The van der Waals surface area contributed by atoms with Crippen LogP contribution in [0.15, 0.2) is 49.1 Å². The highest BCUT2D eigenvalue weighted by atomic mass is 19.1. The van der Waals surface area contributed by atoms with E-state index in [1.807, 2.05) is 23.8 Å². The van der Waals surface area contributed by atoms with Gasteiger partial charge in [0.15, 0.2) is 18.2 Å². The number of carbonyl (C=O) groups is 1. The van der Waals surface area contributed by atoms with Crippen LogP contribution in [0.1, 0.15) is 5.82 Å². The zero-order valence-corrected chi connectivity index (χ0v) is 16.0. The smallest absolute Gasteiger partial charge is 0.260 e. The van der Waals surface area contributed by atoms with Crippen molar-refractivity contribution in [2.45, 2.75) is 6.92 Å². The Morgan fingerprint density at radius 1 is 1.10 bits per heavy atom. The molecule has 0 atom stereocenters. The first kappa shape index (κ1) is 18.9. The number of ether oxygens (including phenoxy) is 1. The summed E-state index contributed by atoms with van der Waals surface area (Å²) >= 11 is 0. The minimum absolute atomic E-state index is 0.0859. The lowest BCUT2D eigenvalue weighted by Gasteiger charge is -2.35. The molecule has 3 heterocycles. The van der Waals surface area contributed by atoms with E-state index >= 15 is 0 Å². The Kier molecular flexibility index (Phi) is 5.37. The Morgan fingerprint density at radius 3 is 2.59 bits per heavy atom. The van der Waals surface area contributed by atoms with Gasteiger partial charge in [0.05, 0.1) is 0 Å². The minimum Gasteiger partial charge on any atom is -0.481 e. The van der Waals surface area contributed by atoms with Crippen LogP contribution >= 0.6 is 0 Å². The maximum absolute atomic E-state index is 13.6. The molecule has 1 aliphatic heterocycles. The van der Waals surface area contributed by atoms with Crippen LogP contribution in [0.5, 0.6) is 5.75 Å². The third kappa shape index (κ3) is 4.18. The molecule has 3 aromatic rings. The van der Waals surface area contributed by atoms with Gasteiger partial charge >= 0.3 is 0 Å². The standard InChI is InChI=1S/C20H21FN6O2/c1-15-22-6-7-27(15)19-12-18(23-14-24-19)25-8-10-26(11-9-25)20(28)13-29-17-5-3-2-4-16(17)21/h2-7,12,14H,8-11,13H2,1H3. The molecule has 1 amide bonds. The number of hydrogen-bond acceptors (Lipinski definition) is 6. The molecule has 9 heteroatoms. The summed E-state index contributed by atoms with van der Waals surface area (Å²) in [5, 5.41) is 0. The van der Waals surface area contributed by atoms with E-state index in [0.29, 0.717) is 26.2 Å². The third-order valence-electron chi connectivity index (χ3n) is 4.85. The van der Waals surface area contributed by atoms with Gasteiger partial charge in [-0.3, -0.25) is 9.36 Å². The second kappa shape index (κ2) is 8.26. The molecule has 4 rings (SSSR count). The average Bonchev–Trinajstić information content (AvgIpc) is 3.19. The van der Waals surface area contributed by atoms with Gasteiger partial charge in [-0.25, -0.2) is 19.3 Å². The molecule has 0 spiro atoms. The number of anilines is 1. The Labute approximate surface area is 167 Å². The highest BCUT2D eigenvalue weighted by Crippen LogP contribution is 2.18. The van der Waals surface area contributed by atoms with E-state index in [0.717, 1.165) is 17.5 Å². The van der Waals surface area contributed by atoms with Gasteiger partial charge in [0.25, 0.3) is 5.91 Å².